The summed E-state index contributed by atoms with van der Waals surface area (Å²) in [6, 6.07) is 8.31. The number of urea groups is 1. The van der Waals surface area contributed by atoms with Crippen LogP contribution >= 0.6 is 0 Å². The van der Waals surface area contributed by atoms with Gasteiger partial charge in [-0.15, -0.1) is 0 Å². The Morgan fingerprint density at radius 2 is 1.96 bits per heavy atom. The van der Waals surface area contributed by atoms with Crippen LogP contribution in [0.3, 0.4) is 0 Å². The van der Waals surface area contributed by atoms with Crippen LogP contribution in [0, 0.1) is 12.8 Å². The lowest BCUT2D eigenvalue weighted by Crippen LogP contribution is -2.48. The molecule has 5 nitrogen and oxygen atoms in total. The maximum Gasteiger partial charge on any atom is 0.317 e. The van der Waals surface area contributed by atoms with E-state index in [9.17, 15) is 9.59 Å². The zero-order chi connectivity index (χ0) is 17.0. The molecule has 0 unspecified atom stereocenters. The Balaban J connectivity index is 1.88. The second-order valence-corrected chi connectivity index (χ2v) is 7.08. The molecule has 23 heavy (non-hydrogen) atoms. The molecule has 0 aliphatic carbocycles. The number of nitrogens with zero attached hydrogens (tertiary/aromatic N) is 1. The van der Waals surface area contributed by atoms with Gasteiger partial charge in [0.2, 0.25) is 5.91 Å². The van der Waals surface area contributed by atoms with Crippen molar-refractivity contribution in [2.45, 2.75) is 39.0 Å². The first-order valence-electron chi connectivity index (χ1n) is 8.19. The van der Waals surface area contributed by atoms with Crippen LogP contribution in [0.1, 0.15) is 37.8 Å². The molecule has 1 fully saturated rings. The molecule has 1 aliphatic heterocycles. The number of hydrogen-bond donors (Lipinski definition) is 2. The summed E-state index contributed by atoms with van der Waals surface area (Å²) in [5.74, 6) is -0.353. The lowest BCUT2D eigenvalue weighted by molar-refractivity contribution is -0.123. The highest BCUT2D eigenvalue weighted by atomic mass is 16.2. The van der Waals surface area contributed by atoms with Crippen LogP contribution in [-0.4, -0.2) is 36.5 Å². The summed E-state index contributed by atoms with van der Waals surface area (Å²) in [4.78, 5) is 25.3. The van der Waals surface area contributed by atoms with Crippen molar-refractivity contribution < 1.29 is 9.59 Å². The molecule has 3 amide bonds. The quantitative estimate of drug-likeness (QED) is 0.893. The van der Waals surface area contributed by atoms with Crippen molar-refractivity contribution in [2.75, 3.05) is 19.6 Å². The minimum atomic E-state index is -0.259. The van der Waals surface area contributed by atoms with Crippen molar-refractivity contribution in [3.05, 3.63) is 35.4 Å². The summed E-state index contributed by atoms with van der Waals surface area (Å²) in [5.41, 5.74) is 7.62. The minimum Gasteiger partial charge on any atom is -0.369 e. The van der Waals surface area contributed by atoms with E-state index in [0.29, 0.717) is 32.5 Å². The molecule has 0 radical (unpaired) electrons. The Morgan fingerprint density at radius 1 is 1.30 bits per heavy atom. The van der Waals surface area contributed by atoms with Gasteiger partial charge in [-0.1, -0.05) is 43.7 Å². The predicted octanol–water partition coefficient (Wildman–Crippen LogP) is 2.18. The fourth-order valence-corrected chi connectivity index (χ4v) is 2.94. The van der Waals surface area contributed by atoms with E-state index in [1.165, 1.54) is 11.1 Å². The lowest BCUT2D eigenvalue weighted by atomic mass is 9.84. The fraction of sp³-hybridized carbons (Fsp3) is 0.556. The predicted molar refractivity (Wildman–Crippen MR) is 91.1 cm³/mol. The van der Waals surface area contributed by atoms with E-state index in [0.717, 1.165) is 0 Å². The van der Waals surface area contributed by atoms with Gasteiger partial charge in [0, 0.05) is 31.0 Å². The van der Waals surface area contributed by atoms with Gasteiger partial charge in [0.25, 0.3) is 0 Å². The van der Waals surface area contributed by atoms with E-state index in [-0.39, 0.29) is 23.3 Å². The van der Waals surface area contributed by atoms with E-state index < -0.39 is 0 Å². The SMILES string of the molecule is Cc1cccc(C(C)(C)CNC(=O)N2CCC(C(N)=O)CC2)c1. The van der Waals surface area contributed by atoms with Gasteiger partial charge in [-0.2, -0.15) is 0 Å². The molecule has 0 atom stereocenters. The monoisotopic (exact) mass is 317 g/mol. The number of rotatable bonds is 4. The Hall–Kier alpha value is -2.04. The zero-order valence-electron chi connectivity index (χ0n) is 14.3. The summed E-state index contributed by atoms with van der Waals surface area (Å²) in [5, 5.41) is 3.03. The summed E-state index contributed by atoms with van der Waals surface area (Å²) in [6.07, 6.45) is 1.31. The van der Waals surface area contributed by atoms with Crippen molar-refractivity contribution in [1.82, 2.24) is 10.2 Å². The van der Waals surface area contributed by atoms with Gasteiger partial charge in [0.15, 0.2) is 0 Å². The Kier molecular flexibility index (Phi) is 5.29. The third kappa shape index (κ3) is 4.47. The van der Waals surface area contributed by atoms with Gasteiger partial charge in [-0.05, 0) is 25.3 Å². The van der Waals surface area contributed by atoms with E-state index in [4.69, 9.17) is 5.73 Å². The summed E-state index contributed by atoms with van der Waals surface area (Å²) < 4.78 is 0. The summed E-state index contributed by atoms with van der Waals surface area (Å²) in [6.45, 7) is 8.07. The van der Waals surface area contributed by atoms with Crippen molar-refractivity contribution >= 4 is 11.9 Å². The number of aryl methyl sites for hydroxylation is 1. The Labute approximate surface area is 138 Å². The number of amides is 3. The first-order chi connectivity index (χ1) is 10.8. The van der Waals surface area contributed by atoms with Crippen LogP contribution < -0.4 is 11.1 Å². The van der Waals surface area contributed by atoms with Crippen molar-refractivity contribution in [3.8, 4) is 0 Å². The first-order valence-corrected chi connectivity index (χ1v) is 8.19. The first kappa shape index (κ1) is 17.3. The van der Waals surface area contributed by atoms with Gasteiger partial charge >= 0.3 is 6.03 Å². The molecule has 0 bridgehead atoms. The molecule has 3 N–H and O–H groups in total. The highest BCUT2D eigenvalue weighted by Gasteiger charge is 2.27. The summed E-state index contributed by atoms with van der Waals surface area (Å²) >= 11 is 0. The maximum absolute atomic E-state index is 12.3. The third-order valence-corrected chi connectivity index (χ3v) is 4.67. The average molecular weight is 317 g/mol. The Morgan fingerprint density at radius 3 is 2.52 bits per heavy atom. The van der Waals surface area contributed by atoms with Crippen molar-refractivity contribution in [3.63, 3.8) is 0 Å². The van der Waals surface area contributed by atoms with Gasteiger partial charge < -0.3 is 16.0 Å². The number of hydrogen-bond acceptors (Lipinski definition) is 2. The maximum atomic E-state index is 12.3. The molecule has 0 spiro atoms. The van der Waals surface area contributed by atoms with Crippen LogP contribution in [0.4, 0.5) is 4.79 Å². The topological polar surface area (TPSA) is 75.4 Å². The van der Waals surface area contributed by atoms with Gasteiger partial charge in [0.1, 0.15) is 0 Å². The normalized spacial score (nSPS) is 16.2. The number of nitrogens with one attached hydrogen (secondary N) is 1. The second-order valence-electron chi connectivity index (χ2n) is 7.08. The number of piperidine rings is 1. The molecule has 1 aromatic carbocycles. The van der Waals surface area contributed by atoms with Gasteiger partial charge in [-0.25, -0.2) is 4.79 Å². The molecule has 1 heterocycles. The molecule has 2 rings (SSSR count). The lowest BCUT2D eigenvalue weighted by Gasteiger charge is -2.32. The molecular formula is C18H27N3O2. The van der Waals surface area contributed by atoms with Crippen LogP contribution in [0.5, 0.6) is 0 Å². The largest absolute Gasteiger partial charge is 0.369 e. The number of nitrogens with two attached hydrogens (primary N) is 1. The third-order valence-electron chi connectivity index (χ3n) is 4.67. The van der Waals surface area contributed by atoms with E-state index >= 15 is 0 Å². The smallest absolute Gasteiger partial charge is 0.317 e. The highest BCUT2D eigenvalue weighted by Crippen LogP contribution is 2.23. The van der Waals surface area contributed by atoms with E-state index in [1.807, 2.05) is 6.07 Å². The average Bonchev–Trinajstić information content (AvgIpc) is 2.53. The summed E-state index contributed by atoms with van der Waals surface area (Å²) in [7, 11) is 0. The molecule has 5 heteroatoms. The molecular weight excluding hydrogens is 290 g/mol. The van der Waals surface area contributed by atoms with Crippen molar-refractivity contribution in [2.24, 2.45) is 11.7 Å². The van der Waals surface area contributed by atoms with Crippen LogP contribution in [0.2, 0.25) is 0 Å². The standard InChI is InChI=1S/C18H27N3O2/c1-13-5-4-6-15(11-13)18(2,3)12-20-17(23)21-9-7-14(8-10-21)16(19)22/h4-6,11,14H,7-10,12H2,1-3H3,(H2,19,22)(H,20,23). The number of carbonyl (C=O) groups is 2. The zero-order valence-corrected chi connectivity index (χ0v) is 14.3. The molecule has 126 valence electrons. The minimum absolute atomic E-state index is 0.0614. The van der Waals surface area contributed by atoms with Crippen molar-refractivity contribution in [1.29, 1.82) is 0 Å². The van der Waals surface area contributed by atoms with Crippen LogP contribution in [0.15, 0.2) is 24.3 Å². The Bertz CT molecular complexity index is 575. The van der Waals surface area contributed by atoms with Gasteiger partial charge in [0.05, 0.1) is 0 Å². The van der Waals surface area contributed by atoms with E-state index in [1.54, 1.807) is 4.90 Å². The van der Waals surface area contributed by atoms with Crippen LogP contribution in [-0.2, 0) is 10.2 Å². The second kappa shape index (κ2) is 7.02. The fourth-order valence-electron chi connectivity index (χ4n) is 2.94. The molecule has 1 aromatic rings. The van der Waals surface area contributed by atoms with Crippen LogP contribution in [0.25, 0.3) is 0 Å². The van der Waals surface area contributed by atoms with Gasteiger partial charge in [-0.3, -0.25) is 4.79 Å². The molecule has 0 aromatic heterocycles. The molecule has 0 saturated carbocycles. The molecule has 1 saturated heterocycles. The number of benzene rings is 1. The number of primary amides is 1. The highest BCUT2D eigenvalue weighted by molar-refractivity contribution is 5.78. The van der Waals surface area contributed by atoms with E-state index in [2.05, 4.69) is 44.3 Å². The molecule has 1 aliphatic rings. The number of carbonyl (C=O) groups excluding carboxylic acids is 2. The number of likely N-dealkylation sites (tertiary alicyclic amines) is 1.